The summed E-state index contributed by atoms with van der Waals surface area (Å²) in [5, 5.41) is 14.8. The lowest BCUT2D eigenvalue weighted by Gasteiger charge is -2.36. The molecule has 1 aliphatic rings. The van der Waals surface area contributed by atoms with Gasteiger partial charge in [0.1, 0.15) is 18.0 Å². The van der Waals surface area contributed by atoms with Crippen LogP contribution in [0.4, 0.5) is 4.39 Å². The number of benzene rings is 1. The molecule has 7 nitrogen and oxygen atoms in total. The summed E-state index contributed by atoms with van der Waals surface area (Å²) < 4.78 is 21.1. The van der Waals surface area contributed by atoms with Gasteiger partial charge in [-0.1, -0.05) is 19.1 Å². The van der Waals surface area contributed by atoms with Crippen LogP contribution in [-0.2, 0) is 23.1 Å². The van der Waals surface area contributed by atoms with E-state index in [4.69, 9.17) is 9.73 Å². The van der Waals surface area contributed by atoms with Gasteiger partial charge in [-0.05, 0) is 37.5 Å². The molecule has 0 aliphatic carbocycles. The largest absolute Gasteiger partial charge is 0.381 e. The van der Waals surface area contributed by atoms with Crippen molar-refractivity contribution >= 4 is 29.9 Å². The number of nitrogens with zero attached hydrogens (tertiary/aromatic N) is 4. The highest BCUT2D eigenvalue weighted by atomic mass is 127. The maximum absolute atomic E-state index is 13.4. The van der Waals surface area contributed by atoms with Gasteiger partial charge in [0.2, 0.25) is 0 Å². The van der Waals surface area contributed by atoms with Gasteiger partial charge in [-0.25, -0.2) is 4.39 Å². The molecule has 0 spiro atoms. The number of ether oxygens (including phenoxy) is 1. The summed E-state index contributed by atoms with van der Waals surface area (Å²) in [5.74, 6) is 1.55. The lowest BCUT2D eigenvalue weighted by atomic mass is 9.74. The molecule has 0 unspecified atom stereocenters. The van der Waals surface area contributed by atoms with Gasteiger partial charge in [-0.2, -0.15) is 0 Å². The second-order valence-corrected chi connectivity index (χ2v) is 7.32. The first-order valence-corrected chi connectivity index (χ1v) is 10.4. The molecule has 1 aromatic heterocycles. The zero-order valence-electron chi connectivity index (χ0n) is 17.7. The van der Waals surface area contributed by atoms with Crippen molar-refractivity contribution in [2.45, 2.75) is 45.1 Å². The van der Waals surface area contributed by atoms with Crippen LogP contribution in [0.15, 0.2) is 35.6 Å². The van der Waals surface area contributed by atoms with Gasteiger partial charge >= 0.3 is 0 Å². The van der Waals surface area contributed by atoms with Crippen LogP contribution in [0.25, 0.3) is 0 Å². The zero-order chi connectivity index (χ0) is 20.5. The van der Waals surface area contributed by atoms with Gasteiger partial charge in [0.05, 0.1) is 6.54 Å². The van der Waals surface area contributed by atoms with E-state index < -0.39 is 0 Å². The number of rotatable bonds is 8. The number of nitrogens with one attached hydrogen (secondary N) is 2. The average molecular weight is 530 g/mol. The molecule has 2 heterocycles. The summed E-state index contributed by atoms with van der Waals surface area (Å²) in [6.07, 6.45) is 4.37. The number of hydrogen-bond donors (Lipinski definition) is 2. The third-order valence-corrected chi connectivity index (χ3v) is 5.45. The predicted molar refractivity (Wildman–Crippen MR) is 127 cm³/mol. The molecule has 1 aliphatic heterocycles. The summed E-state index contributed by atoms with van der Waals surface area (Å²) in [6.45, 7) is 8.43. The minimum absolute atomic E-state index is 0. The molecule has 0 amide bonds. The van der Waals surface area contributed by atoms with Crippen molar-refractivity contribution in [2.75, 3.05) is 32.8 Å². The maximum atomic E-state index is 13.4. The molecule has 0 saturated carbocycles. The van der Waals surface area contributed by atoms with Crippen LogP contribution in [0.1, 0.15) is 38.1 Å². The smallest absolute Gasteiger partial charge is 0.191 e. The third-order valence-electron chi connectivity index (χ3n) is 5.45. The molecule has 2 aromatic rings. The molecule has 1 aromatic carbocycles. The molecular formula is C21H32FIN6O. The van der Waals surface area contributed by atoms with Crippen molar-refractivity contribution in [1.29, 1.82) is 0 Å². The predicted octanol–water partition coefficient (Wildman–Crippen LogP) is 2.90. The van der Waals surface area contributed by atoms with Crippen molar-refractivity contribution < 1.29 is 9.13 Å². The van der Waals surface area contributed by atoms with Crippen molar-refractivity contribution in [2.24, 2.45) is 4.99 Å². The quantitative estimate of drug-likeness (QED) is 0.312. The number of aryl methyl sites for hydroxylation is 1. The Bertz CT molecular complexity index is 789. The van der Waals surface area contributed by atoms with E-state index in [0.717, 1.165) is 56.2 Å². The van der Waals surface area contributed by atoms with Crippen LogP contribution < -0.4 is 10.6 Å². The number of aromatic nitrogens is 3. The first-order chi connectivity index (χ1) is 14.2. The van der Waals surface area contributed by atoms with Crippen LogP contribution in [-0.4, -0.2) is 53.6 Å². The van der Waals surface area contributed by atoms with Gasteiger partial charge < -0.3 is 19.9 Å². The van der Waals surface area contributed by atoms with E-state index in [1.807, 2.05) is 12.1 Å². The fourth-order valence-corrected chi connectivity index (χ4v) is 3.71. The van der Waals surface area contributed by atoms with E-state index in [1.54, 1.807) is 6.33 Å². The van der Waals surface area contributed by atoms with Gasteiger partial charge in [0.25, 0.3) is 0 Å². The number of guanidine groups is 1. The van der Waals surface area contributed by atoms with Gasteiger partial charge in [-0.3, -0.25) is 4.99 Å². The average Bonchev–Trinajstić information content (AvgIpc) is 3.21. The van der Waals surface area contributed by atoms with Crippen LogP contribution in [0.2, 0.25) is 0 Å². The molecule has 0 radical (unpaired) electrons. The minimum atomic E-state index is -0.213. The van der Waals surface area contributed by atoms with Crippen LogP contribution in [0.3, 0.4) is 0 Å². The number of halogens is 2. The maximum Gasteiger partial charge on any atom is 0.191 e. The van der Waals surface area contributed by atoms with E-state index in [0.29, 0.717) is 19.8 Å². The van der Waals surface area contributed by atoms with Gasteiger partial charge in [-0.15, -0.1) is 34.2 Å². The molecule has 9 heteroatoms. The first kappa shape index (κ1) is 24.5. The standard InChI is InChI=1S/C21H31FN6O.HI/c1-3-19-27-26-16-28(19)12-11-24-20(23-4-2)25-15-21(9-13-29-14-10-21)17-5-7-18(22)8-6-17;/h5-8,16H,3-4,9-15H2,1-2H3,(H2,23,24,25);1H. The first-order valence-electron chi connectivity index (χ1n) is 10.4. The Labute approximate surface area is 194 Å². The fourth-order valence-electron chi connectivity index (χ4n) is 3.71. The van der Waals surface area contributed by atoms with E-state index in [2.05, 4.69) is 39.2 Å². The SMILES string of the molecule is CCNC(=NCC1(c2ccc(F)cc2)CCOCC1)NCCn1cnnc1CC.I. The van der Waals surface area contributed by atoms with Crippen molar-refractivity contribution in [1.82, 2.24) is 25.4 Å². The van der Waals surface area contributed by atoms with Crippen LogP contribution in [0, 0.1) is 5.82 Å². The Kier molecular flexibility index (Phi) is 9.96. The molecule has 0 atom stereocenters. The zero-order valence-corrected chi connectivity index (χ0v) is 20.1. The molecule has 1 saturated heterocycles. The Morgan fingerprint density at radius 2 is 1.93 bits per heavy atom. The summed E-state index contributed by atoms with van der Waals surface area (Å²) >= 11 is 0. The van der Waals surface area contributed by atoms with Gasteiger partial charge in [0.15, 0.2) is 5.96 Å². The molecule has 166 valence electrons. The van der Waals surface area contributed by atoms with Crippen molar-refractivity contribution in [3.8, 4) is 0 Å². The van der Waals surface area contributed by atoms with Crippen molar-refractivity contribution in [3.05, 3.63) is 47.8 Å². The van der Waals surface area contributed by atoms with E-state index in [9.17, 15) is 4.39 Å². The summed E-state index contributed by atoms with van der Waals surface area (Å²) in [5.41, 5.74) is 0.997. The fraction of sp³-hybridized carbons (Fsp3) is 0.571. The van der Waals surface area contributed by atoms with Crippen LogP contribution >= 0.6 is 24.0 Å². The summed E-state index contributed by atoms with van der Waals surface area (Å²) in [4.78, 5) is 4.87. The topological polar surface area (TPSA) is 76.4 Å². The summed E-state index contributed by atoms with van der Waals surface area (Å²) in [6, 6.07) is 6.83. The Morgan fingerprint density at radius 3 is 2.60 bits per heavy atom. The molecule has 0 bridgehead atoms. The van der Waals surface area contributed by atoms with Crippen LogP contribution in [0.5, 0.6) is 0 Å². The highest BCUT2D eigenvalue weighted by Gasteiger charge is 2.34. The molecule has 2 N–H and O–H groups in total. The molecule has 1 fully saturated rings. The van der Waals surface area contributed by atoms with E-state index >= 15 is 0 Å². The Balaban J connectivity index is 0.00000320. The van der Waals surface area contributed by atoms with Crippen molar-refractivity contribution in [3.63, 3.8) is 0 Å². The second kappa shape index (κ2) is 12.2. The number of aliphatic imine (C=N–C) groups is 1. The van der Waals surface area contributed by atoms with E-state index in [-0.39, 0.29) is 35.2 Å². The highest BCUT2D eigenvalue weighted by molar-refractivity contribution is 14.0. The second-order valence-electron chi connectivity index (χ2n) is 7.32. The summed E-state index contributed by atoms with van der Waals surface area (Å²) in [7, 11) is 0. The lowest BCUT2D eigenvalue weighted by molar-refractivity contribution is 0.0531. The highest BCUT2D eigenvalue weighted by Crippen LogP contribution is 2.35. The number of hydrogen-bond acceptors (Lipinski definition) is 4. The Hall–Kier alpha value is -1.75. The molecular weight excluding hydrogens is 498 g/mol. The van der Waals surface area contributed by atoms with E-state index in [1.165, 1.54) is 12.1 Å². The Morgan fingerprint density at radius 1 is 1.20 bits per heavy atom. The normalized spacial score (nSPS) is 16.0. The molecule has 3 rings (SSSR count). The molecule has 30 heavy (non-hydrogen) atoms. The lowest BCUT2D eigenvalue weighted by Crippen LogP contribution is -2.42. The third kappa shape index (κ3) is 6.37. The van der Waals surface area contributed by atoms with Gasteiger partial charge in [0, 0.05) is 44.7 Å². The monoisotopic (exact) mass is 530 g/mol. The minimum Gasteiger partial charge on any atom is -0.381 e.